The maximum absolute atomic E-state index is 10.7. The normalized spacial score (nSPS) is 10.6. The number of hydrogen-bond acceptors (Lipinski definition) is 3. The van der Waals surface area contributed by atoms with Crippen LogP contribution in [-0.4, -0.2) is 34.2 Å². The van der Waals surface area contributed by atoms with Gasteiger partial charge in [0.15, 0.2) is 4.77 Å². The second kappa shape index (κ2) is 5.50. The van der Waals surface area contributed by atoms with E-state index in [1.165, 1.54) is 0 Å². The Morgan fingerprint density at radius 1 is 1.35 bits per heavy atom. The van der Waals surface area contributed by atoms with Crippen LogP contribution in [0.25, 0.3) is 5.69 Å². The van der Waals surface area contributed by atoms with Crippen molar-refractivity contribution in [2.24, 2.45) is 0 Å². The summed E-state index contributed by atoms with van der Waals surface area (Å²) in [6, 6.07) is 7.65. The molecule has 1 aromatic carbocycles. The molecule has 0 unspecified atom stereocenters. The van der Waals surface area contributed by atoms with E-state index in [-0.39, 0.29) is 6.54 Å². The van der Waals surface area contributed by atoms with E-state index in [9.17, 15) is 4.79 Å². The molecule has 0 aliphatic heterocycles. The fourth-order valence-electron chi connectivity index (χ4n) is 2.09. The predicted molar refractivity (Wildman–Crippen MR) is 81.3 cm³/mol. The van der Waals surface area contributed by atoms with Gasteiger partial charge >= 0.3 is 5.97 Å². The van der Waals surface area contributed by atoms with E-state index in [4.69, 9.17) is 17.3 Å². The van der Waals surface area contributed by atoms with Gasteiger partial charge in [0.05, 0.1) is 0 Å². The van der Waals surface area contributed by atoms with Crippen LogP contribution in [0.1, 0.15) is 11.4 Å². The van der Waals surface area contributed by atoms with Crippen molar-refractivity contribution in [1.82, 2.24) is 9.55 Å². The lowest BCUT2D eigenvalue weighted by molar-refractivity contribution is -0.135. The van der Waals surface area contributed by atoms with Crippen molar-refractivity contribution in [3.63, 3.8) is 0 Å². The van der Waals surface area contributed by atoms with E-state index in [0.29, 0.717) is 4.77 Å². The molecule has 0 saturated carbocycles. The molecule has 2 rings (SSSR count). The Morgan fingerprint density at radius 2 is 1.95 bits per heavy atom. The summed E-state index contributed by atoms with van der Waals surface area (Å²) in [4.78, 5) is 15.5. The average molecular weight is 291 g/mol. The molecule has 2 aromatic rings. The van der Waals surface area contributed by atoms with Crippen molar-refractivity contribution in [1.29, 1.82) is 0 Å². The number of aryl methyl sites for hydroxylation is 1. The van der Waals surface area contributed by atoms with E-state index >= 15 is 0 Å². The number of H-pyrrole nitrogens is 1. The number of rotatable bonds is 4. The quantitative estimate of drug-likeness (QED) is 0.850. The molecule has 2 N–H and O–H groups in total. The number of carboxylic acid groups (broad SMARTS) is 1. The number of carboxylic acids is 1. The second-order valence-electron chi connectivity index (χ2n) is 4.74. The summed E-state index contributed by atoms with van der Waals surface area (Å²) in [5.41, 5.74) is 3.93. The van der Waals surface area contributed by atoms with Gasteiger partial charge in [-0.2, -0.15) is 0 Å². The Morgan fingerprint density at radius 3 is 2.40 bits per heavy atom. The minimum atomic E-state index is -0.851. The second-order valence-corrected chi connectivity index (χ2v) is 5.13. The predicted octanol–water partition coefficient (Wildman–Crippen LogP) is 2.67. The summed E-state index contributed by atoms with van der Waals surface area (Å²) in [5.74, 6) is -0.851. The number of aromatic amines is 1. The first-order valence-electron chi connectivity index (χ1n) is 6.21. The van der Waals surface area contributed by atoms with E-state index in [1.807, 2.05) is 42.7 Å². The summed E-state index contributed by atoms with van der Waals surface area (Å²) in [7, 11) is 1.75. The summed E-state index contributed by atoms with van der Waals surface area (Å²) >= 11 is 5.30. The molecule has 1 aromatic heterocycles. The fraction of sp³-hybridized carbons (Fsp3) is 0.286. The molecule has 0 bridgehead atoms. The molecule has 0 fully saturated rings. The molecule has 6 heteroatoms. The third kappa shape index (κ3) is 2.75. The maximum atomic E-state index is 10.7. The standard InChI is InChI=1S/C14H17N3O2S/c1-9-10(2)17(14(20)15-9)12-6-4-11(5-7-12)16(3)8-13(18)19/h4-7H,8H2,1-3H3,(H,15,20)(H,18,19). The summed E-state index contributed by atoms with van der Waals surface area (Å²) in [6.07, 6.45) is 0. The number of anilines is 1. The summed E-state index contributed by atoms with van der Waals surface area (Å²) in [5, 5.41) is 8.79. The highest BCUT2D eigenvalue weighted by molar-refractivity contribution is 7.71. The lowest BCUT2D eigenvalue weighted by Crippen LogP contribution is -2.24. The molecule has 106 valence electrons. The summed E-state index contributed by atoms with van der Waals surface area (Å²) in [6.45, 7) is 3.96. The zero-order chi connectivity index (χ0) is 14.9. The molecule has 5 nitrogen and oxygen atoms in total. The third-order valence-corrected chi connectivity index (χ3v) is 3.58. The minimum absolute atomic E-state index is 0.0267. The minimum Gasteiger partial charge on any atom is -0.480 e. The molecule has 0 amide bonds. The Kier molecular flexibility index (Phi) is 3.94. The van der Waals surface area contributed by atoms with Gasteiger partial charge in [-0.15, -0.1) is 0 Å². The van der Waals surface area contributed by atoms with Gasteiger partial charge < -0.3 is 15.0 Å². The van der Waals surface area contributed by atoms with Crippen LogP contribution in [0.3, 0.4) is 0 Å². The van der Waals surface area contributed by atoms with Gasteiger partial charge in [0.1, 0.15) is 6.54 Å². The zero-order valence-electron chi connectivity index (χ0n) is 11.7. The topological polar surface area (TPSA) is 61.3 Å². The first kappa shape index (κ1) is 14.3. The smallest absolute Gasteiger partial charge is 0.323 e. The van der Waals surface area contributed by atoms with Crippen molar-refractivity contribution >= 4 is 23.9 Å². The average Bonchev–Trinajstić information content (AvgIpc) is 2.63. The Hall–Kier alpha value is -2.08. The van der Waals surface area contributed by atoms with Crippen LogP contribution in [0.15, 0.2) is 24.3 Å². The van der Waals surface area contributed by atoms with Gasteiger partial charge in [-0.1, -0.05) is 0 Å². The number of nitrogens with one attached hydrogen (secondary N) is 1. The van der Waals surface area contributed by atoms with Gasteiger partial charge in [-0.3, -0.25) is 9.36 Å². The van der Waals surface area contributed by atoms with Crippen molar-refractivity contribution in [3.05, 3.63) is 40.4 Å². The monoisotopic (exact) mass is 291 g/mol. The fourth-order valence-corrected chi connectivity index (χ4v) is 2.48. The number of nitrogens with zero attached hydrogens (tertiary/aromatic N) is 2. The van der Waals surface area contributed by atoms with Crippen molar-refractivity contribution in [3.8, 4) is 5.69 Å². The zero-order valence-corrected chi connectivity index (χ0v) is 12.5. The Bertz CT molecular complexity index is 685. The number of hydrogen-bond donors (Lipinski definition) is 2. The molecule has 1 heterocycles. The number of likely N-dealkylation sites (N-methyl/N-ethyl adjacent to an activating group) is 1. The Balaban J connectivity index is 2.33. The van der Waals surface area contributed by atoms with Gasteiger partial charge in [0.2, 0.25) is 0 Å². The van der Waals surface area contributed by atoms with Crippen LogP contribution < -0.4 is 4.90 Å². The molecule has 0 aliphatic carbocycles. The molecule has 0 saturated heterocycles. The highest BCUT2D eigenvalue weighted by Crippen LogP contribution is 2.19. The number of carbonyl (C=O) groups is 1. The number of benzene rings is 1. The van der Waals surface area contributed by atoms with Gasteiger partial charge in [0, 0.05) is 29.8 Å². The highest BCUT2D eigenvalue weighted by atomic mass is 32.1. The van der Waals surface area contributed by atoms with E-state index in [0.717, 1.165) is 22.8 Å². The molecule has 20 heavy (non-hydrogen) atoms. The maximum Gasteiger partial charge on any atom is 0.323 e. The van der Waals surface area contributed by atoms with Crippen LogP contribution >= 0.6 is 12.2 Å². The molecule has 0 aliphatic rings. The Labute approximate surface area is 122 Å². The molecule has 0 spiro atoms. The van der Waals surface area contributed by atoms with Gasteiger partial charge in [-0.25, -0.2) is 0 Å². The van der Waals surface area contributed by atoms with Crippen LogP contribution in [0.2, 0.25) is 0 Å². The number of imidazole rings is 1. The highest BCUT2D eigenvalue weighted by Gasteiger charge is 2.08. The van der Waals surface area contributed by atoms with E-state index in [1.54, 1.807) is 11.9 Å². The largest absolute Gasteiger partial charge is 0.480 e. The third-order valence-electron chi connectivity index (χ3n) is 3.30. The first-order chi connectivity index (χ1) is 9.40. The van der Waals surface area contributed by atoms with E-state index < -0.39 is 5.97 Å². The SMILES string of the molecule is Cc1[nH]c(=S)n(-c2ccc(N(C)CC(=O)O)cc2)c1C. The van der Waals surface area contributed by atoms with Crippen LogP contribution in [-0.2, 0) is 4.79 Å². The summed E-state index contributed by atoms with van der Waals surface area (Å²) < 4.78 is 2.62. The van der Waals surface area contributed by atoms with Crippen molar-refractivity contribution in [2.45, 2.75) is 13.8 Å². The number of aliphatic carboxylic acids is 1. The molecule has 0 radical (unpaired) electrons. The number of aromatic nitrogens is 2. The lowest BCUT2D eigenvalue weighted by atomic mass is 10.2. The lowest BCUT2D eigenvalue weighted by Gasteiger charge is -2.17. The molecule has 0 atom stereocenters. The van der Waals surface area contributed by atoms with Crippen molar-refractivity contribution in [2.75, 3.05) is 18.5 Å². The van der Waals surface area contributed by atoms with E-state index in [2.05, 4.69) is 4.98 Å². The van der Waals surface area contributed by atoms with Crippen molar-refractivity contribution < 1.29 is 9.90 Å². The van der Waals surface area contributed by atoms with Crippen LogP contribution in [0, 0.1) is 18.6 Å². The molecular formula is C14H17N3O2S. The van der Waals surface area contributed by atoms with Gasteiger partial charge in [-0.05, 0) is 50.3 Å². The first-order valence-corrected chi connectivity index (χ1v) is 6.62. The van der Waals surface area contributed by atoms with Crippen LogP contribution in [0.4, 0.5) is 5.69 Å². The van der Waals surface area contributed by atoms with Crippen LogP contribution in [0.5, 0.6) is 0 Å². The molecular weight excluding hydrogens is 274 g/mol. The van der Waals surface area contributed by atoms with Gasteiger partial charge in [0.25, 0.3) is 0 Å².